The molecule has 1 aliphatic heterocycles. The largest absolute Gasteiger partial charge is 0.465 e. The Morgan fingerprint density at radius 3 is 2.19 bits per heavy atom. The number of aromatic nitrogens is 2. The molecule has 2 fully saturated rings. The molecule has 7 nitrogen and oxygen atoms in total. The molecule has 0 bridgehead atoms. The van der Waals surface area contributed by atoms with Crippen LogP contribution in [0.5, 0.6) is 0 Å². The van der Waals surface area contributed by atoms with Crippen LogP contribution in [-0.4, -0.2) is 48.2 Å². The number of hydrogen-bond donors (Lipinski definition) is 0. The number of hydrogen-bond acceptors (Lipinski definition) is 7. The van der Waals surface area contributed by atoms with Gasteiger partial charge in [0, 0.05) is 13.1 Å². The van der Waals surface area contributed by atoms with Crippen LogP contribution in [0.4, 0.5) is 5.69 Å². The summed E-state index contributed by atoms with van der Waals surface area (Å²) in [7, 11) is 0. The number of piperidine rings is 1. The van der Waals surface area contributed by atoms with Crippen molar-refractivity contribution in [2.24, 2.45) is 17.3 Å². The van der Waals surface area contributed by atoms with Crippen LogP contribution in [0.2, 0.25) is 5.28 Å². The van der Waals surface area contributed by atoms with E-state index in [1.165, 1.54) is 0 Å². The van der Waals surface area contributed by atoms with E-state index in [1.807, 2.05) is 0 Å². The molecule has 0 spiro atoms. The average molecular weight is 382 g/mol. The minimum absolute atomic E-state index is 0.00391. The highest BCUT2D eigenvalue weighted by atomic mass is 35.5. The van der Waals surface area contributed by atoms with Gasteiger partial charge in [-0.15, -0.1) is 0 Å². The zero-order valence-electron chi connectivity index (χ0n) is 15.1. The van der Waals surface area contributed by atoms with Gasteiger partial charge in [0.05, 0.1) is 31.3 Å². The highest BCUT2D eigenvalue weighted by Gasteiger charge is 2.70. The fourth-order valence-corrected chi connectivity index (χ4v) is 4.06. The van der Waals surface area contributed by atoms with Gasteiger partial charge in [0.15, 0.2) is 5.41 Å². The molecule has 1 aliphatic carbocycles. The lowest BCUT2D eigenvalue weighted by Gasteiger charge is -2.34. The van der Waals surface area contributed by atoms with Crippen molar-refractivity contribution in [1.29, 1.82) is 0 Å². The Kier molecular flexibility index (Phi) is 5.65. The smallest absolute Gasteiger partial charge is 0.323 e. The molecule has 1 aromatic rings. The van der Waals surface area contributed by atoms with E-state index >= 15 is 0 Å². The number of ether oxygens (including phenoxy) is 2. The summed E-state index contributed by atoms with van der Waals surface area (Å²) in [6, 6.07) is 0. The van der Waals surface area contributed by atoms with Crippen molar-refractivity contribution in [3.05, 3.63) is 17.7 Å². The molecule has 26 heavy (non-hydrogen) atoms. The van der Waals surface area contributed by atoms with Gasteiger partial charge in [-0.05, 0) is 56.5 Å². The summed E-state index contributed by atoms with van der Waals surface area (Å²) >= 11 is 5.74. The van der Waals surface area contributed by atoms with Gasteiger partial charge in [0.25, 0.3) is 0 Å². The maximum absolute atomic E-state index is 12.5. The van der Waals surface area contributed by atoms with Gasteiger partial charge < -0.3 is 14.4 Å². The number of nitrogens with zero attached hydrogens (tertiary/aromatic N) is 3. The molecule has 2 aliphatic rings. The van der Waals surface area contributed by atoms with Crippen LogP contribution in [0.15, 0.2) is 12.4 Å². The fourth-order valence-electron chi connectivity index (χ4n) is 3.96. The van der Waals surface area contributed by atoms with E-state index in [0.29, 0.717) is 12.3 Å². The SMILES string of the molecule is CCOC(=O)C1(C(=O)OCC)CC1C1CCN(c2cnc(Cl)nc2)CC1. The van der Waals surface area contributed by atoms with Crippen LogP contribution in [-0.2, 0) is 19.1 Å². The lowest BCUT2D eigenvalue weighted by Crippen LogP contribution is -2.38. The highest BCUT2D eigenvalue weighted by molar-refractivity contribution is 6.28. The van der Waals surface area contributed by atoms with E-state index in [4.69, 9.17) is 21.1 Å². The lowest BCUT2D eigenvalue weighted by molar-refractivity contribution is -0.165. The molecule has 1 unspecified atom stereocenters. The minimum Gasteiger partial charge on any atom is -0.465 e. The molecule has 1 saturated heterocycles. The van der Waals surface area contributed by atoms with Gasteiger partial charge in [-0.1, -0.05) is 0 Å². The summed E-state index contributed by atoms with van der Waals surface area (Å²) in [5, 5.41) is 0.232. The number of carbonyl (C=O) groups excluding carboxylic acids is 2. The fraction of sp³-hybridized carbons (Fsp3) is 0.667. The molecule has 3 rings (SSSR count). The summed E-state index contributed by atoms with van der Waals surface area (Å²) in [5.41, 5.74) is -0.159. The number of anilines is 1. The standard InChI is InChI=1S/C18H24ClN3O4/c1-3-25-15(23)18(16(24)26-4-2)9-14(18)12-5-7-22(8-6-12)13-10-20-17(19)21-11-13/h10-12,14H,3-9H2,1-2H3. The third-order valence-corrected chi connectivity index (χ3v) is 5.57. The first-order valence-electron chi connectivity index (χ1n) is 9.09. The van der Waals surface area contributed by atoms with Crippen molar-refractivity contribution in [3.63, 3.8) is 0 Å². The quantitative estimate of drug-likeness (QED) is 0.425. The molecule has 2 heterocycles. The second-order valence-corrected chi connectivity index (χ2v) is 7.10. The van der Waals surface area contributed by atoms with Crippen LogP contribution in [0.1, 0.15) is 33.1 Å². The first kappa shape index (κ1) is 18.9. The minimum atomic E-state index is -1.10. The maximum Gasteiger partial charge on any atom is 0.323 e. The predicted octanol–water partition coefficient (Wildman–Crippen LogP) is 2.48. The monoisotopic (exact) mass is 381 g/mol. The first-order valence-corrected chi connectivity index (χ1v) is 9.47. The highest BCUT2D eigenvalue weighted by Crippen LogP contribution is 2.60. The second-order valence-electron chi connectivity index (χ2n) is 6.76. The third-order valence-electron chi connectivity index (χ3n) is 5.37. The summed E-state index contributed by atoms with van der Waals surface area (Å²) in [4.78, 5) is 35.1. The molecule has 8 heteroatoms. The van der Waals surface area contributed by atoms with Crippen LogP contribution < -0.4 is 4.90 Å². The van der Waals surface area contributed by atoms with Crippen molar-refractivity contribution in [1.82, 2.24) is 9.97 Å². The van der Waals surface area contributed by atoms with Crippen LogP contribution in [0, 0.1) is 17.3 Å². The van der Waals surface area contributed by atoms with Gasteiger partial charge in [0.2, 0.25) is 5.28 Å². The Labute approximate surface area is 158 Å². The van der Waals surface area contributed by atoms with Gasteiger partial charge in [0.1, 0.15) is 0 Å². The second kappa shape index (κ2) is 7.78. The Bertz CT molecular complexity index is 641. The molecule has 1 saturated carbocycles. The summed E-state index contributed by atoms with van der Waals surface area (Å²) in [6.45, 7) is 5.69. The molecular weight excluding hydrogens is 358 g/mol. The Hall–Kier alpha value is -1.89. The molecule has 1 aromatic heterocycles. The number of halogens is 1. The maximum atomic E-state index is 12.5. The molecule has 0 amide bonds. The third kappa shape index (κ3) is 3.49. The zero-order valence-corrected chi connectivity index (χ0v) is 15.9. The van der Waals surface area contributed by atoms with Gasteiger partial charge in [-0.25, -0.2) is 9.97 Å². The number of esters is 2. The summed E-state index contributed by atoms with van der Waals surface area (Å²) in [5.74, 6) is -0.563. The van der Waals surface area contributed by atoms with Gasteiger partial charge >= 0.3 is 11.9 Å². The average Bonchev–Trinajstić information content (AvgIpc) is 3.40. The van der Waals surface area contributed by atoms with Crippen molar-refractivity contribution >= 4 is 29.2 Å². The molecule has 0 radical (unpaired) electrons. The van der Waals surface area contributed by atoms with Crippen molar-refractivity contribution in [3.8, 4) is 0 Å². The lowest BCUT2D eigenvalue weighted by atomic mass is 9.87. The first-order chi connectivity index (χ1) is 12.5. The molecular formula is C18H24ClN3O4. The van der Waals surface area contributed by atoms with E-state index in [2.05, 4.69) is 14.9 Å². The normalized spacial score (nSPS) is 22.0. The van der Waals surface area contributed by atoms with Crippen LogP contribution in [0.3, 0.4) is 0 Å². The van der Waals surface area contributed by atoms with E-state index in [-0.39, 0.29) is 24.4 Å². The van der Waals surface area contributed by atoms with Crippen LogP contribution in [0.25, 0.3) is 0 Å². The summed E-state index contributed by atoms with van der Waals surface area (Å²) in [6.07, 6.45) is 5.75. The number of rotatable bonds is 6. The van der Waals surface area contributed by atoms with E-state index in [1.54, 1.807) is 26.2 Å². The van der Waals surface area contributed by atoms with Crippen molar-refractivity contribution in [2.45, 2.75) is 33.1 Å². The Balaban J connectivity index is 1.64. The molecule has 142 valence electrons. The van der Waals surface area contributed by atoms with E-state index < -0.39 is 17.4 Å². The summed E-state index contributed by atoms with van der Waals surface area (Å²) < 4.78 is 10.4. The molecule has 0 N–H and O–H groups in total. The van der Waals surface area contributed by atoms with Gasteiger partial charge in [-0.3, -0.25) is 9.59 Å². The Morgan fingerprint density at radius 1 is 1.15 bits per heavy atom. The molecule has 0 aromatic carbocycles. The Morgan fingerprint density at radius 2 is 1.69 bits per heavy atom. The van der Waals surface area contributed by atoms with Crippen LogP contribution >= 0.6 is 11.6 Å². The van der Waals surface area contributed by atoms with E-state index in [0.717, 1.165) is 31.6 Å². The van der Waals surface area contributed by atoms with Crippen molar-refractivity contribution < 1.29 is 19.1 Å². The predicted molar refractivity (Wildman–Crippen MR) is 95.8 cm³/mol. The molecule has 1 atom stereocenters. The topological polar surface area (TPSA) is 81.6 Å². The van der Waals surface area contributed by atoms with Crippen molar-refractivity contribution in [2.75, 3.05) is 31.2 Å². The van der Waals surface area contributed by atoms with Gasteiger partial charge in [-0.2, -0.15) is 0 Å². The van der Waals surface area contributed by atoms with E-state index in [9.17, 15) is 9.59 Å². The zero-order chi connectivity index (χ0) is 18.7. The number of carbonyl (C=O) groups is 2.